The minimum Gasteiger partial charge on any atom is -0.381 e. The van der Waals surface area contributed by atoms with Gasteiger partial charge in [-0.3, -0.25) is 4.79 Å². The van der Waals surface area contributed by atoms with Crippen LogP contribution in [0.4, 0.5) is 11.4 Å². The van der Waals surface area contributed by atoms with Gasteiger partial charge < -0.3 is 10.6 Å². The van der Waals surface area contributed by atoms with E-state index in [1.54, 1.807) is 0 Å². The molecule has 0 aliphatic heterocycles. The van der Waals surface area contributed by atoms with E-state index in [9.17, 15) is 4.79 Å². The first-order valence-corrected chi connectivity index (χ1v) is 8.91. The second-order valence-corrected chi connectivity index (χ2v) is 6.59. The molecule has 3 nitrogen and oxygen atoms in total. The number of hydrogen-bond acceptors (Lipinski definition) is 2. The Morgan fingerprint density at radius 1 is 0.800 bits per heavy atom. The van der Waals surface area contributed by atoms with Gasteiger partial charge in [-0.15, -0.1) is 0 Å². The van der Waals surface area contributed by atoms with Gasteiger partial charge in [-0.1, -0.05) is 64.5 Å². The molecule has 0 spiro atoms. The van der Waals surface area contributed by atoms with Crippen molar-refractivity contribution in [3.05, 3.63) is 94.5 Å². The maximum Gasteiger partial charge on any atom is 0.228 e. The monoisotopic (exact) mass is 394 g/mol. The molecule has 0 unspecified atom stereocenters. The fraction of sp³-hybridized carbons (Fsp3) is 0.0952. The zero-order valence-corrected chi connectivity index (χ0v) is 15.3. The Kier molecular flexibility index (Phi) is 5.86. The molecule has 0 fully saturated rings. The molecule has 2 N–H and O–H groups in total. The average Bonchev–Trinajstić information content (AvgIpc) is 2.64. The molecule has 0 radical (unpaired) electrons. The number of nitrogens with one attached hydrogen (secondary N) is 2. The van der Waals surface area contributed by atoms with E-state index >= 15 is 0 Å². The van der Waals surface area contributed by atoms with Crippen molar-refractivity contribution in [1.29, 1.82) is 0 Å². The fourth-order valence-corrected chi connectivity index (χ4v) is 2.92. The molecule has 25 heavy (non-hydrogen) atoms. The highest BCUT2D eigenvalue weighted by molar-refractivity contribution is 9.10. The van der Waals surface area contributed by atoms with Crippen LogP contribution in [0.15, 0.2) is 83.3 Å². The summed E-state index contributed by atoms with van der Waals surface area (Å²) in [5, 5.41) is 6.30. The molecule has 126 valence electrons. The van der Waals surface area contributed by atoms with Gasteiger partial charge in [0, 0.05) is 22.4 Å². The molecule has 0 aliphatic carbocycles. The van der Waals surface area contributed by atoms with Gasteiger partial charge in [-0.25, -0.2) is 0 Å². The number of rotatable bonds is 6. The molecule has 3 rings (SSSR count). The summed E-state index contributed by atoms with van der Waals surface area (Å²) in [5.74, 6) is -0.0307. The summed E-state index contributed by atoms with van der Waals surface area (Å²) in [6.45, 7) is 0.772. The Balaban J connectivity index is 1.53. The van der Waals surface area contributed by atoms with Crippen LogP contribution in [0.3, 0.4) is 0 Å². The number of benzene rings is 3. The highest BCUT2D eigenvalue weighted by Crippen LogP contribution is 2.18. The number of halogens is 1. The Morgan fingerprint density at radius 2 is 1.44 bits per heavy atom. The van der Waals surface area contributed by atoms with Crippen LogP contribution in [-0.4, -0.2) is 5.91 Å². The van der Waals surface area contributed by atoms with Crippen LogP contribution in [0.1, 0.15) is 11.1 Å². The third-order valence-corrected chi connectivity index (χ3v) is 4.59. The van der Waals surface area contributed by atoms with Crippen LogP contribution in [0.5, 0.6) is 0 Å². The number of carbonyl (C=O) groups is 1. The summed E-state index contributed by atoms with van der Waals surface area (Å²) >= 11 is 3.47. The topological polar surface area (TPSA) is 41.1 Å². The Bertz CT molecular complexity index is 832. The minimum atomic E-state index is -0.0307. The number of amides is 1. The maximum absolute atomic E-state index is 12.2. The maximum atomic E-state index is 12.2. The van der Waals surface area contributed by atoms with Gasteiger partial charge in [0.15, 0.2) is 0 Å². The molecule has 0 heterocycles. The molecule has 4 heteroatoms. The second-order valence-electron chi connectivity index (χ2n) is 5.73. The Morgan fingerprint density at radius 3 is 2.16 bits per heavy atom. The molecule has 0 bridgehead atoms. The smallest absolute Gasteiger partial charge is 0.228 e. The van der Waals surface area contributed by atoms with Gasteiger partial charge in [0.1, 0.15) is 0 Å². The quantitative estimate of drug-likeness (QED) is 0.599. The van der Waals surface area contributed by atoms with Crippen LogP contribution in [0, 0.1) is 0 Å². The summed E-state index contributed by atoms with van der Waals surface area (Å²) in [6, 6.07) is 25.7. The Hall–Kier alpha value is -2.59. The largest absolute Gasteiger partial charge is 0.381 e. The van der Waals surface area contributed by atoms with E-state index in [2.05, 4.69) is 38.7 Å². The van der Waals surface area contributed by atoms with Crippen LogP contribution in [0.2, 0.25) is 0 Å². The van der Waals surface area contributed by atoms with Crippen LogP contribution < -0.4 is 10.6 Å². The van der Waals surface area contributed by atoms with E-state index in [-0.39, 0.29) is 5.91 Å². The summed E-state index contributed by atoms with van der Waals surface area (Å²) < 4.78 is 0.950. The first-order valence-electron chi connectivity index (χ1n) is 8.12. The molecule has 0 atom stereocenters. The standard InChI is InChI=1S/C21H19BrN2O/c22-20-9-5-4-8-17(20)14-21(25)24-19-12-10-18(11-13-19)23-15-16-6-2-1-3-7-16/h1-13,23H,14-15H2,(H,24,25). The minimum absolute atomic E-state index is 0.0307. The third kappa shape index (κ3) is 5.19. The van der Waals surface area contributed by atoms with Crippen molar-refractivity contribution in [1.82, 2.24) is 0 Å². The summed E-state index contributed by atoms with van der Waals surface area (Å²) in [4.78, 5) is 12.2. The second kappa shape index (κ2) is 8.49. The van der Waals surface area contributed by atoms with Gasteiger partial charge in [0.25, 0.3) is 0 Å². The van der Waals surface area contributed by atoms with Crippen molar-refractivity contribution in [2.75, 3.05) is 10.6 Å². The SMILES string of the molecule is O=C(Cc1ccccc1Br)Nc1ccc(NCc2ccccc2)cc1. The molecule has 3 aromatic carbocycles. The van der Waals surface area contributed by atoms with E-state index in [1.165, 1.54) is 5.56 Å². The van der Waals surface area contributed by atoms with Crippen LogP contribution in [0.25, 0.3) is 0 Å². The molecule has 0 aliphatic rings. The first-order chi connectivity index (χ1) is 12.2. The van der Waals surface area contributed by atoms with E-state index < -0.39 is 0 Å². The molecule has 1 amide bonds. The predicted molar refractivity (Wildman–Crippen MR) is 107 cm³/mol. The zero-order valence-electron chi connectivity index (χ0n) is 13.7. The van der Waals surface area contributed by atoms with Gasteiger partial charge >= 0.3 is 0 Å². The fourth-order valence-electron chi connectivity index (χ4n) is 2.49. The lowest BCUT2D eigenvalue weighted by Crippen LogP contribution is -2.14. The van der Waals surface area contributed by atoms with Crippen molar-refractivity contribution in [3.63, 3.8) is 0 Å². The highest BCUT2D eigenvalue weighted by atomic mass is 79.9. The van der Waals surface area contributed by atoms with E-state index in [4.69, 9.17) is 0 Å². The molecule has 0 saturated carbocycles. The van der Waals surface area contributed by atoms with Crippen LogP contribution in [-0.2, 0) is 17.8 Å². The zero-order chi connectivity index (χ0) is 17.5. The lowest BCUT2D eigenvalue weighted by Gasteiger charge is -2.09. The van der Waals surface area contributed by atoms with Crippen molar-refractivity contribution in [3.8, 4) is 0 Å². The van der Waals surface area contributed by atoms with Gasteiger partial charge in [-0.05, 0) is 41.5 Å². The van der Waals surface area contributed by atoms with Crippen molar-refractivity contribution >= 4 is 33.2 Å². The van der Waals surface area contributed by atoms with Crippen molar-refractivity contribution in [2.24, 2.45) is 0 Å². The number of carbonyl (C=O) groups excluding carboxylic acids is 1. The van der Waals surface area contributed by atoms with Crippen LogP contribution >= 0.6 is 15.9 Å². The normalized spacial score (nSPS) is 10.3. The number of hydrogen-bond donors (Lipinski definition) is 2. The number of anilines is 2. The summed E-state index contributed by atoms with van der Waals surface area (Å²) in [6.07, 6.45) is 0.343. The summed E-state index contributed by atoms with van der Waals surface area (Å²) in [5.41, 5.74) is 4.02. The highest BCUT2D eigenvalue weighted by Gasteiger charge is 2.06. The summed E-state index contributed by atoms with van der Waals surface area (Å²) in [7, 11) is 0. The third-order valence-electron chi connectivity index (χ3n) is 3.82. The lowest BCUT2D eigenvalue weighted by atomic mass is 10.1. The molecule has 0 saturated heterocycles. The Labute approximate surface area is 156 Å². The molecular weight excluding hydrogens is 376 g/mol. The predicted octanol–water partition coefficient (Wildman–Crippen LogP) is 5.24. The molecule has 0 aromatic heterocycles. The van der Waals surface area contributed by atoms with E-state index in [1.807, 2.05) is 66.7 Å². The van der Waals surface area contributed by atoms with E-state index in [0.29, 0.717) is 6.42 Å². The molecule has 3 aromatic rings. The van der Waals surface area contributed by atoms with Gasteiger partial charge in [-0.2, -0.15) is 0 Å². The first kappa shape index (κ1) is 17.2. The van der Waals surface area contributed by atoms with Gasteiger partial charge in [0.2, 0.25) is 5.91 Å². The van der Waals surface area contributed by atoms with Gasteiger partial charge in [0.05, 0.1) is 6.42 Å². The lowest BCUT2D eigenvalue weighted by molar-refractivity contribution is -0.115. The van der Waals surface area contributed by atoms with Crippen molar-refractivity contribution < 1.29 is 4.79 Å². The average molecular weight is 395 g/mol. The van der Waals surface area contributed by atoms with E-state index in [0.717, 1.165) is 28.0 Å². The molecular formula is C21H19BrN2O. The van der Waals surface area contributed by atoms with Crippen molar-refractivity contribution in [2.45, 2.75) is 13.0 Å².